The van der Waals surface area contributed by atoms with Crippen LogP contribution in [-0.4, -0.2) is 21.9 Å². The van der Waals surface area contributed by atoms with Crippen LogP contribution in [0.5, 0.6) is 0 Å². The number of aromatic amines is 1. The Morgan fingerprint density at radius 2 is 2.19 bits per heavy atom. The first-order valence-electron chi connectivity index (χ1n) is 6.77. The molecular formula is C15H17N3OS2. The van der Waals surface area contributed by atoms with E-state index in [4.69, 9.17) is 0 Å². The zero-order valence-corrected chi connectivity index (χ0v) is 13.8. The van der Waals surface area contributed by atoms with Crippen LogP contribution in [0, 0.1) is 6.92 Å². The molecule has 0 aliphatic rings. The second-order valence-corrected chi connectivity index (χ2v) is 7.42. The average Bonchev–Trinajstić information content (AvgIpc) is 3.06. The fourth-order valence-corrected chi connectivity index (χ4v) is 3.98. The largest absolute Gasteiger partial charge is 0.308 e. The maximum Gasteiger partial charge on any atom is 0.268 e. The van der Waals surface area contributed by atoms with E-state index in [1.807, 2.05) is 22.8 Å². The first-order valence-corrected chi connectivity index (χ1v) is 8.47. The summed E-state index contributed by atoms with van der Waals surface area (Å²) in [7, 11) is 2.05. The molecule has 0 fully saturated rings. The van der Waals surface area contributed by atoms with Gasteiger partial charge in [0, 0.05) is 15.8 Å². The molecule has 0 saturated carbocycles. The highest BCUT2D eigenvalue weighted by Gasteiger charge is 2.15. The van der Waals surface area contributed by atoms with Crippen LogP contribution in [0.4, 0.5) is 0 Å². The Morgan fingerprint density at radius 3 is 2.90 bits per heavy atom. The molecule has 0 spiro atoms. The summed E-state index contributed by atoms with van der Waals surface area (Å²) in [4.78, 5) is 24.2. The monoisotopic (exact) mass is 319 g/mol. The summed E-state index contributed by atoms with van der Waals surface area (Å²) >= 11 is 3.24. The van der Waals surface area contributed by atoms with Crippen molar-refractivity contribution in [3.8, 4) is 0 Å². The van der Waals surface area contributed by atoms with Gasteiger partial charge in [-0.1, -0.05) is 0 Å². The van der Waals surface area contributed by atoms with E-state index in [0.717, 1.165) is 5.52 Å². The molecule has 0 saturated heterocycles. The smallest absolute Gasteiger partial charge is 0.268 e. The highest BCUT2D eigenvalue weighted by atomic mass is 32.1. The van der Waals surface area contributed by atoms with Gasteiger partial charge in [0.25, 0.3) is 5.56 Å². The fraction of sp³-hybridized carbons (Fsp3) is 0.333. The molecule has 3 aromatic heterocycles. The molecule has 0 aliphatic heterocycles. The Bertz CT molecular complexity index is 818. The van der Waals surface area contributed by atoms with E-state index in [0.29, 0.717) is 23.1 Å². The summed E-state index contributed by atoms with van der Waals surface area (Å²) in [5, 5.41) is 1.90. The first-order chi connectivity index (χ1) is 10.0. The molecule has 21 heavy (non-hydrogen) atoms. The van der Waals surface area contributed by atoms with Crippen LogP contribution in [0.3, 0.4) is 0 Å². The van der Waals surface area contributed by atoms with Gasteiger partial charge in [-0.3, -0.25) is 9.69 Å². The van der Waals surface area contributed by atoms with E-state index >= 15 is 0 Å². The summed E-state index contributed by atoms with van der Waals surface area (Å²) in [6.07, 6.45) is 0. The molecule has 0 amide bonds. The van der Waals surface area contributed by atoms with Gasteiger partial charge >= 0.3 is 0 Å². The van der Waals surface area contributed by atoms with Gasteiger partial charge in [-0.25, -0.2) is 4.98 Å². The molecule has 110 valence electrons. The second-order valence-electron chi connectivity index (χ2n) is 5.19. The molecule has 1 atom stereocenters. The van der Waals surface area contributed by atoms with Crippen LogP contribution in [-0.2, 0) is 6.54 Å². The van der Waals surface area contributed by atoms with Crippen LogP contribution in [0.1, 0.15) is 28.5 Å². The van der Waals surface area contributed by atoms with Crippen molar-refractivity contribution in [1.29, 1.82) is 0 Å². The number of aryl methyl sites for hydroxylation is 1. The molecular weight excluding hydrogens is 302 g/mol. The molecule has 4 nitrogen and oxygen atoms in total. The Balaban J connectivity index is 1.82. The Morgan fingerprint density at radius 1 is 1.38 bits per heavy atom. The predicted molar refractivity (Wildman–Crippen MR) is 89.2 cm³/mol. The highest BCUT2D eigenvalue weighted by molar-refractivity contribution is 7.17. The van der Waals surface area contributed by atoms with Crippen molar-refractivity contribution in [2.24, 2.45) is 0 Å². The van der Waals surface area contributed by atoms with Crippen LogP contribution in [0.25, 0.3) is 10.2 Å². The van der Waals surface area contributed by atoms with Crippen LogP contribution in [0.2, 0.25) is 0 Å². The number of fused-ring (bicyclic) bond motifs is 1. The van der Waals surface area contributed by atoms with Gasteiger partial charge in [-0.15, -0.1) is 22.7 Å². The molecule has 6 heteroatoms. The van der Waals surface area contributed by atoms with Gasteiger partial charge < -0.3 is 4.98 Å². The minimum Gasteiger partial charge on any atom is -0.308 e. The van der Waals surface area contributed by atoms with E-state index < -0.39 is 0 Å². The summed E-state index contributed by atoms with van der Waals surface area (Å²) in [6, 6.07) is 6.50. The van der Waals surface area contributed by atoms with Gasteiger partial charge in [0.1, 0.15) is 10.5 Å². The molecule has 0 radical (unpaired) electrons. The third-order valence-corrected chi connectivity index (χ3v) is 5.67. The van der Waals surface area contributed by atoms with Crippen LogP contribution >= 0.6 is 22.7 Å². The number of nitrogens with one attached hydrogen (secondary N) is 1. The van der Waals surface area contributed by atoms with Crippen molar-refractivity contribution in [1.82, 2.24) is 14.9 Å². The fourth-order valence-electron chi connectivity index (χ4n) is 2.26. The molecule has 1 N–H and O–H groups in total. The van der Waals surface area contributed by atoms with E-state index in [9.17, 15) is 4.79 Å². The Kier molecular flexibility index (Phi) is 3.93. The number of rotatable bonds is 4. The first kappa shape index (κ1) is 14.4. The lowest BCUT2D eigenvalue weighted by Gasteiger charge is -2.23. The van der Waals surface area contributed by atoms with Gasteiger partial charge in [0.05, 0.1) is 12.1 Å². The van der Waals surface area contributed by atoms with Gasteiger partial charge in [-0.05, 0) is 44.5 Å². The molecule has 0 aliphatic carbocycles. The molecule has 0 bridgehead atoms. The summed E-state index contributed by atoms with van der Waals surface area (Å²) < 4.78 is 0.698. The lowest BCUT2D eigenvalue weighted by Crippen LogP contribution is -2.24. The number of nitrogens with zero attached hydrogens (tertiary/aromatic N) is 2. The minimum atomic E-state index is -0.0435. The minimum absolute atomic E-state index is 0.0435. The third-order valence-electron chi connectivity index (χ3n) is 3.60. The van der Waals surface area contributed by atoms with Gasteiger partial charge in [0.15, 0.2) is 0 Å². The zero-order valence-electron chi connectivity index (χ0n) is 12.2. The number of thiophene rings is 2. The Hall–Kier alpha value is -1.50. The topological polar surface area (TPSA) is 49.0 Å². The lowest BCUT2D eigenvalue weighted by molar-refractivity contribution is 0.250. The number of hydrogen-bond acceptors (Lipinski definition) is 5. The van der Waals surface area contributed by atoms with Crippen molar-refractivity contribution in [2.45, 2.75) is 26.4 Å². The Labute approximate surface area is 131 Å². The number of hydrogen-bond donors (Lipinski definition) is 1. The van der Waals surface area contributed by atoms with Crippen molar-refractivity contribution < 1.29 is 0 Å². The predicted octanol–water partition coefficient (Wildman–Crippen LogP) is 3.55. The highest BCUT2D eigenvalue weighted by Crippen LogP contribution is 2.27. The van der Waals surface area contributed by atoms with E-state index in [2.05, 4.69) is 47.9 Å². The molecule has 3 rings (SSSR count). The van der Waals surface area contributed by atoms with Crippen molar-refractivity contribution in [2.75, 3.05) is 7.05 Å². The maximum absolute atomic E-state index is 12.0. The second kappa shape index (κ2) is 5.71. The van der Waals surface area contributed by atoms with Crippen molar-refractivity contribution >= 4 is 32.9 Å². The summed E-state index contributed by atoms with van der Waals surface area (Å²) in [5.41, 5.74) is 0.741. The van der Waals surface area contributed by atoms with Crippen LogP contribution < -0.4 is 5.56 Å². The van der Waals surface area contributed by atoms with Crippen molar-refractivity contribution in [3.63, 3.8) is 0 Å². The SMILES string of the molecule is Cc1ccc(C(C)N(C)Cc2nc3ccsc3c(=O)[nH]2)s1. The maximum atomic E-state index is 12.0. The molecule has 3 aromatic rings. The van der Waals surface area contributed by atoms with Gasteiger partial charge in [-0.2, -0.15) is 0 Å². The van der Waals surface area contributed by atoms with Gasteiger partial charge in [0.2, 0.25) is 0 Å². The number of H-pyrrole nitrogens is 1. The normalized spacial score (nSPS) is 13.1. The molecule has 0 aromatic carbocycles. The standard InChI is InChI=1S/C15H17N3OS2/c1-9-4-5-12(21-9)10(2)18(3)8-13-16-11-6-7-20-14(11)15(19)17-13/h4-7,10H,8H2,1-3H3,(H,16,17,19). The molecule has 1 unspecified atom stereocenters. The number of aromatic nitrogens is 2. The lowest BCUT2D eigenvalue weighted by atomic mass is 10.2. The van der Waals surface area contributed by atoms with E-state index in [1.165, 1.54) is 21.1 Å². The van der Waals surface area contributed by atoms with E-state index in [-0.39, 0.29) is 5.56 Å². The van der Waals surface area contributed by atoms with Crippen LogP contribution in [0.15, 0.2) is 28.4 Å². The van der Waals surface area contributed by atoms with Crippen molar-refractivity contribution in [3.05, 3.63) is 49.5 Å². The quantitative estimate of drug-likeness (QED) is 0.800. The summed E-state index contributed by atoms with van der Waals surface area (Å²) in [5.74, 6) is 0.716. The zero-order chi connectivity index (χ0) is 15.0. The summed E-state index contributed by atoms with van der Waals surface area (Å²) in [6.45, 7) is 4.91. The average molecular weight is 319 g/mol. The van der Waals surface area contributed by atoms with E-state index in [1.54, 1.807) is 0 Å². The third kappa shape index (κ3) is 2.92. The molecule has 3 heterocycles.